The Morgan fingerprint density at radius 3 is 2.90 bits per heavy atom. The third kappa shape index (κ3) is 6.67. The molecule has 6 heteroatoms. The van der Waals surface area contributed by atoms with Gasteiger partial charge in [-0.25, -0.2) is 4.79 Å². The minimum Gasteiger partial charge on any atom is -0.478 e. The largest absolute Gasteiger partial charge is 0.478 e. The summed E-state index contributed by atoms with van der Waals surface area (Å²) in [5.74, 6) is -0.906. The van der Waals surface area contributed by atoms with E-state index in [9.17, 15) is 9.59 Å². The number of hydrogen-bond donors (Lipinski definition) is 2. The number of pyridine rings is 1. The van der Waals surface area contributed by atoms with E-state index in [0.29, 0.717) is 36.8 Å². The lowest BCUT2D eigenvalue weighted by atomic mass is 10.1. The van der Waals surface area contributed by atoms with Crippen LogP contribution >= 0.6 is 0 Å². The van der Waals surface area contributed by atoms with E-state index >= 15 is 0 Å². The molecule has 1 aromatic heterocycles. The SMILES string of the molecule is CC(C)COCCNC(=O)c1ccncc1/C=C/C(=O)O. The van der Waals surface area contributed by atoms with Crippen molar-refractivity contribution < 1.29 is 19.4 Å². The number of amides is 1. The van der Waals surface area contributed by atoms with Crippen LogP contribution in [0.25, 0.3) is 6.08 Å². The summed E-state index contributed by atoms with van der Waals surface area (Å²) >= 11 is 0. The van der Waals surface area contributed by atoms with Crippen LogP contribution in [0.3, 0.4) is 0 Å². The Hall–Kier alpha value is -2.21. The second kappa shape index (κ2) is 8.86. The fourth-order valence-electron chi connectivity index (χ4n) is 1.56. The fourth-order valence-corrected chi connectivity index (χ4v) is 1.56. The maximum absolute atomic E-state index is 12.0. The number of rotatable bonds is 8. The van der Waals surface area contributed by atoms with E-state index in [1.165, 1.54) is 18.5 Å². The van der Waals surface area contributed by atoms with Gasteiger partial charge in [-0.2, -0.15) is 0 Å². The summed E-state index contributed by atoms with van der Waals surface area (Å²) < 4.78 is 5.37. The average Bonchev–Trinajstić information content (AvgIpc) is 2.44. The number of nitrogens with one attached hydrogen (secondary N) is 1. The third-order valence-electron chi connectivity index (χ3n) is 2.49. The first-order valence-electron chi connectivity index (χ1n) is 6.71. The zero-order valence-corrected chi connectivity index (χ0v) is 12.2. The van der Waals surface area contributed by atoms with Gasteiger partial charge in [0.1, 0.15) is 0 Å². The molecule has 0 atom stereocenters. The van der Waals surface area contributed by atoms with Crippen molar-refractivity contribution >= 4 is 18.0 Å². The average molecular weight is 292 g/mol. The zero-order valence-electron chi connectivity index (χ0n) is 12.2. The summed E-state index contributed by atoms with van der Waals surface area (Å²) in [6, 6.07) is 1.55. The van der Waals surface area contributed by atoms with Gasteiger partial charge in [-0.15, -0.1) is 0 Å². The molecule has 6 nitrogen and oxygen atoms in total. The van der Waals surface area contributed by atoms with Crippen LogP contribution in [-0.2, 0) is 9.53 Å². The number of ether oxygens (including phenoxy) is 1. The summed E-state index contributed by atoms with van der Waals surface area (Å²) in [5, 5.41) is 11.4. The molecule has 0 fully saturated rings. The molecule has 1 heterocycles. The van der Waals surface area contributed by atoms with Crippen LogP contribution in [0.2, 0.25) is 0 Å². The summed E-state index contributed by atoms with van der Waals surface area (Å²) in [4.78, 5) is 26.4. The van der Waals surface area contributed by atoms with Gasteiger partial charge in [0.15, 0.2) is 0 Å². The lowest BCUT2D eigenvalue weighted by molar-refractivity contribution is -0.131. The van der Waals surface area contributed by atoms with Crippen molar-refractivity contribution in [3.05, 3.63) is 35.7 Å². The molecular formula is C15H20N2O4. The summed E-state index contributed by atoms with van der Waals surface area (Å²) in [6.07, 6.45) is 5.25. The normalized spacial score (nSPS) is 11.0. The van der Waals surface area contributed by atoms with Gasteiger partial charge in [0, 0.05) is 42.7 Å². The van der Waals surface area contributed by atoms with E-state index in [4.69, 9.17) is 9.84 Å². The van der Waals surface area contributed by atoms with Crippen LogP contribution < -0.4 is 5.32 Å². The summed E-state index contributed by atoms with van der Waals surface area (Å²) in [5.41, 5.74) is 0.840. The van der Waals surface area contributed by atoms with Gasteiger partial charge < -0.3 is 15.2 Å². The van der Waals surface area contributed by atoms with Crippen molar-refractivity contribution in [2.75, 3.05) is 19.8 Å². The lowest BCUT2D eigenvalue weighted by Gasteiger charge is -2.09. The van der Waals surface area contributed by atoms with Gasteiger partial charge >= 0.3 is 5.97 Å². The number of aliphatic carboxylic acids is 1. The second-order valence-corrected chi connectivity index (χ2v) is 4.86. The van der Waals surface area contributed by atoms with E-state index in [1.54, 1.807) is 6.07 Å². The van der Waals surface area contributed by atoms with E-state index in [2.05, 4.69) is 24.1 Å². The Labute approximate surface area is 123 Å². The third-order valence-corrected chi connectivity index (χ3v) is 2.49. The lowest BCUT2D eigenvalue weighted by Crippen LogP contribution is -2.28. The molecule has 0 unspecified atom stereocenters. The molecule has 2 N–H and O–H groups in total. The summed E-state index contributed by atoms with van der Waals surface area (Å²) in [6.45, 7) is 5.59. The molecule has 1 amide bonds. The maximum Gasteiger partial charge on any atom is 0.328 e. The Morgan fingerprint density at radius 1 is 1.48 bits per heavy atom. The van der Waals surface area contributed by atoms with Crippen LogP contribution in [0.4, 0.5) is 0 Å². The molecular weight excluding hydrogens is 272 g/mol. The number of carboxylic acid groups (broad SMARTS) is 1. The van der Waals surface area contributed by atoms with Gasteiger partial charge in [-0.3, -0.25) is 9.78 Å². The monoisotopic (exact) mass is 292 g/mol. The smallest absolute Gasteiger partial charge is 0.328 e. The fraction of sp³-hybridized carbons (Fsp3) is 0.400. The molecule has 1 aromatic rings. The number of carboxylic acids is 1. The topological polar surface area (TPSA) is 88.5 Å². The predicted molar refractivity (Wildman–Crippen MR) is 78.9 cm³/mol. The molecule has 0 saturated carbocycles. The van der Waals surface area contributed by atoms with E-state index in [-0.39, 0.29) is 5.91 Å². The molecule has 1 rings (SSSR count). The molecule has 0 aliphatic carbocycles. The molecule has 0 saturated heterocycles. The molecule has 0 radical (unpaired) electrons. The predicted octanol–water partition coefficient (Wildman–Crippen LogP) is 1.58. The molecule has 0 aromatic carbocycles. The molecule has 0 aliphatic heterocycles. The molecule has 114 valence electrons. The first-order valence-corrected chi connectivity index (χ1v) is 6.71. The molecule has 21 heavy (non-hydrogen) atoms. The number of carbonyl (C=O) groups is 2. The molecule has 0 aliphatic rings. The Bertz CT molecular complexity index is 512. The standard InChI is InChI=1S/C15H20N2O4/c1-11(2)10-21-8-7-17-15(20)13-5-6-16-9-12(13)3-4-14(18)19/h3-6,9,11H,7-8,10H2,1-2H3,(H,17,20)(H,18,19)/b4-3+. The Kier molecular flexibility index (Phi) is 7.11. The minimum atomic E-state index is -1.08. The highest BCUT2D eigenvalue weighted by Crippen LogP contribution is 2.09. The zero-order chi connectivity index (χ0) is 15.7. The van der Waals surface area contributed by atoms with Crippen molar-refractivity contribution in [3.8, 4) is 0 Å². The van der Waals surface area contributed by atoms with Gasteiger partial charge in [0.2, 0.25) is 0 Å². The number of aromatic nitrogens is 1. The van der Waals surface area contributed by atoms with Crippen molar-refractivity contribution in [1.29, 1.82) is 0 Å². The van der Waals surface area contributed by atoms with Gasteiger partial charge in [-0.05, 0) is 18.1 Å². The van der Waals surface area contributed by atoms with Gasteiger partial charge in [-0.1, -0.05) is 13.8 Å². The van der Waals surface area contributed by atoms with E-state index in [1.807, 2.05) is 0 Å². The van der Waals surface area contributed by atoms with Gasteiger partial charge in [0.05, 0.1) is 6.61 Å². The van der Waals surface area contributed by atoms with Crippen LogP contribution in [0.1, 0.15) is 29.8 Å². The van der Waals surface area contributed by atoms with Crippen LogP contribution in [-0.4, -0.2) is 41.7 Å². The van der Waals surface area contributed by atoms with E-state index < -0.39 is 5.97 Å². The quantitative estimate of drug-likeness (QED) is 0.561. The maximum atomic E-state index is 12.0. The van der Waals surface area contributed by atoms with Crippen molar-refractivity contribution in [1.82, 2.24) is 10.3 Å². The van der Waals surface area contributed by atoms with E-state index in [0.717, 1.165) is 6.08 Å². The van der Waals surface area contributed by atoms with Gasteiger partial charge in [0.25, 0.3) is 5.91 Å². The van der Waals surface area contributed by atoms with Crippen LogP contribution in [0.5, 0.6) is 0 Å². The highest BCUT2D eigenvalue weighted by molar-refractivity contribution is 5.98. The van der Waals surface area contributed by atoms with Crippen LogP contribution in [0.15, 0.2) is 24.5 Å². The minimum absolute atomic E-state index is 0.282. The summed E-state index contributed by atoms with van der Waals surface area (Å²) in [7, 11) is 0. The first-order chi connectivity index (χ1) is 10.0. The second-order valence-electron chi connectivity index (χ2n) is 4.86. The number of hydrogen-bond acceptors (Lipinski definition) is 4. The number of carbonyl (C=O) groups excluding carboxylic acids is 1. The van der Waals surface area contributed by atoms with Crippen molar-refractivity contribution in [3.63, 3.8) is 0 Å². The Morgan fingerprint density at radius 2 is 2.24 bits per heavy atom. The van der Waals surface area contributed by atoms with Crippen molar-refractivity contribution in [2.24, 2.45) is 5.92 Å². The number of nitrogens with zero attached hydrogens (tertiary/aromatic N) is 1. The van der Waals surface area contributed by atoms with Crippen molar-refractivity contribution in [2.45, 2.75) is 13.8 Å². The Balaban J connectivity index is 2.56. The molecule has 0 bridgehead atoms. The molecule has 0 spiro atoms. The highest BCUT2D eigenvalue weighted by Gasteiger charge is 2.09. The first kappa shape index (κ1) is 16.8. The van der Waals surface area contributed by atoms with Crippen LogP contribution in [0, 0.1) is 5.92 Å². The highest BCUT2D eigenvalue weighted by atomic mass is 16.5.